The molecule has 0 unspecified atom stereocenters. The molecule has 3 aromatic carbocycles. The number of amides is 2. The van der Waals surface area contributed by atoms with Gasteiger partial charge in [-0.25, -0.2) is 0 Å². The molecule has 33 heavy (non-hydrogen) atoms. The van der Waals surface area contributed by atoms with Gasteiger partial charge < -0.3 is 20.7 Å². The summed E-state index contributed by atoms with van der Waals surface area (Å²) in [6.45, 7) is 2.92. The third-order valence-corrected chi connectivity index (χ3v) is 4.99. The molecule has 0 spiro atoms. The maximum Gasteiger partial charge on any atom is 0.243 e. The van der Waals surface area contributed by atoms with Gasteiger partial charge in [0.2, 0.25) is 11.8 Å². The van der Waals surface area contributed by atoms with Gasteiger partial charge in [-0.05, 0) is 60.9 Å². The summed E-state index contributed by atoms with van der Waals surface area (Å²) in [5.74, 6) is 0.588. The van der Waals surface area contributed by atoms with Crippen LogP contribution < -0.4 is 20.7 Å². The van der Waals surface area contributed by atoms with E-state index in [4.69, 9.17) is 4.74 Å². The molecule has 0 atom stereocenters. The smallest absolute Gasteiger partial charge is 0.243 e. The van der Waals surface area contributed by atoms with Crippen molar-refractivity contribution >= 4 is 28.9 Å². The van der Waals surface area contributed by atoms with Crippen molar-refractivity contribution < 1.29 is 14.3 Å². The molecule has 0 heterocycles. The first-order valence-electron chi connectivity index (χ1n) is 11.3. The van der Waals surface area contributed by atoms with Crippen LogP contribution in [-0.2, 0) is 16.0 Å². The first-order valence-corrected chi connectivity index (χ1v) is 11.3. The molecule has 0 fully saturated rings. The number of rotatable bonds is 12. The fourth-order valence-electron chi connectivity index (χ4n) is 3.19. The minimum absolute atomic E-state index is 0.0455. The van der Waals surface area contributed by atoms with Crippen molar-refractivity contribution in [2.75, 3.05) is 29.1 Å². The highest BCUT2D eigenvalue weighted by molar-refractivity contribution is 5.94. The van der Waals surface area contributed by atoms with E-state index in [2.05, 4.69) is 22.9 Å². The first kappa shape index (κ1) is 23.9. The van der Waals surface area contributed by atoms with Crippen LogP contribution in [0.4, 0.5) is 17.1 Å². The van der Waals surface area contributed by atoms with Gasteiger partial charge in [-0.1, -0.05) is 49.7 Å². The Labute approximate surface area is 195 Å². The first-order chi connectivity index (χ1) is 16.1. The summed E-state index contributed by atoms with van der Waals surface area (Å²) in [7, 11) is 0. The number of carbonyl (C=O) groups excluding carboxylic acids is 2. The van der Waals surface area contributed by atoms with Crippen LogP contribution in [0.5, 0.6) is 5.75 Å². The summed E-state index contributed by atoms with van der Waals surface area (Å²) in [6, 6.07) is 24.6. The minimum Gasteiger partial charge on any atom is -0.494 e. The van der Waals surface area contributed by atoms with Crippen LogP contribution in [0, 0.1) is 0 Å². The van der Waals surface area contributed by atoms with Gasteiger partial charge in [-0.3, -0.25) is 9.59 Å². The second-order valence-electron chi connectivity index (χ2n) is 7.74. The molecule has 6 heteroatoms. The summed E-state index contributed by atoms with van der Waals surface area (Å²) >= 11 is 0. The molecule has 0 aromatic heterocycles. The van der Waals surface area contributed by atoms with E-state index < -0.39 is 0 Å². The Morgan fingerprint density at radius 1 is 0.788 bits per heavy atom. The van der Waals surface area contributed by atoms with Crippen molar-refractivity contribution in [2.45, 2.75) is 32.6 Å². The number of unbranched alkanes of at least 4 members (excludes halogenated alkanes) is 1. The standard InChI is InChI=1S/C27H31N3O3/c1-2-3-18-33-25-15-13-22(14-16-25)29-27(32)20-28-23-10-7-11-24(19-23)30-26(31)17-12-21-8-5-4-6-9-21/h4-11,13-16,19,28H,2-3,12,17-18,20H2,1H3,(H,29,32)(H,30,31). The maximum atomic E-state index is 12.3. The molecule has 0 saturated heterocycles. The van der Waals surface area contributed by atoms with Gasteiger partial charge in [0, 0.05) is 23.5 Å². The predicted molar refractivity (Wildman–Crippen MR) is 134 cm³/mol. The van der Waals surface area contributed by atoms with E-state index in [1.165, 1.54) is 0 Å². The van der Waals surface area contributed by atoms with Crippen LogP contribution in [0.25, 0.3) is 0 Å². The molecule has 0 aliphatic rings. The van der Waals surface area contributed by atoms with Crippen molar-refractivity contribution in [3.8, 4) is 5.75 Å². The molecule has 172 valence electrons. The molecule has 2 amide bonds. The molecular formula is C27H31N3O3. The van der Waals surface area contributed by atoms with E-state index in [1.807, 2.05) is 78.9 Å². The van der Waals surface area contributed by atoms with Gasteiger partial charge in [-0.2, -0.15) is 0 Å². The Morgan fingerprint density at radius 2 is 1.52 bits per heavy atom. The van der Waals surface area contributed by atoms with E-state index in [0.717, 1.165) is 29.8 Å². The van der Waals surface area contributed by atoms with Crippen LogP contribution >= 0.6 is 0 Å². The quantitative estimate of drug-likeness (QED) is 0.322. The second-order valence-corrected chi connectivity index (χ2v) is 7.74. The Kier molecular flexibility index (Phi) is 9.33. The zero-order valence-electron chi connectivity index (χ0n) is 19.0. The number of benzene rings is 3. The van der Waals surface area contributed by atoms with Gasteiger partial charge >= 0.3 is 0 Å². The van der Waals surface area contributed by atoms with Crippen LogP contribution in [0.2, 0.25) is 0 Å². The van der Waals surface area contributed by atoms with E-state index in [9.17, 15) is 9.59 Å². The lowest BCUT2D eigenvalue weighted by molar-refractivity contribution is -0.116. The zero-order chi connectivity index (χ0) is 23.3. The number of nitrogens with one attached hydrogen (secondary N) is 3. The molecule has 0 radical (unpaired) electrons. The molecule has 0 aliphatic carbocycles. The molecule has 0 saturated carbocycles. The monoisotopic (exact) mass is 445 g/mol. The van der Waals surface area contributed by atoms with Gasteiger partial charge in [0.05, 0.1) is 13.2 Å². The number of hydrogen-bond acceptors (Lipinski definition) is 4. The lowest BCUT2D eigenvalue weighted by Crippen LogP contribution is -2.21. The molecule has 0 bridgehead atoms. The Hall–Kier alpha value is -3.80. The zero-order valence-corrected chi connectivity index (χ0v) is 19.0. The Balaban J connectivity index is 1.42. The normalized spacial score (nSPS) is 10.3. The highest BCUT2D eigenvalue weighted by Crippen LogP contribution is 2.17. The number of ether oxygens (including phenoxy) is 1. The average Bonchev–Trinajstić information content (AvgIpc) is 2.84. The topological polar surface area (TPSA) is 79.5 Å². The van der Waals surface area contributed by atoms with Gasteiger partial charge in [0.25, 0.3) is 0 Å². The summed E-state index contributed by atoms with van der Waals surface area (Å²) < 4.78 is 5.63. The SMILES string of the molecule is CCCCOc1ccc(NC(=O)CNc2cccc(NC(=O)CCc3ccccc3)c2)cc1. The number of aryl methyl sites for hydroxylation is 1. The molecule has 6 nitrogen and oxygen atoms in total. The Morgan fingerprint density at radius 3 is 2.27 bits per heavy atom. The molecule has 3 rings (SSSR count). The van der Waals surface area contributed by atoms with Gasteiger partial charge in [-0.15, -0.1) is 0 Å². The highest BCUT2D eigenvalue weighted by atomic mass is 16.5. The van der Waals surface area contributed by atoms with Crippen molar-refractivity contribution in [3.05, 3.63) is 84.4 Å². The molecule has 3 aromatic rings. The van der Waals surface area contributed by atoms with E-state index in [1.54, 1.807) is 0 Å². The molecule has 0 aliphatic heterocycles. The summed E-state index contributed by atoms with van der Waals surface area (Å²) in [5.41, 5.74) is 3.29. The maximum absolute atomic E-state index is 12.3. The van der Waals surface area contributed by atoms with E-state index >= 15 is 0 Å². The Bertz CT molecular complexity index is 1020. The van der Waals surface area contributed by atoms with Crippen LogP contribution in [0.3, 0.4) is 0 Å². The van der Waals surface area contributed by atoms with Crippen molar-refractivity contribution in [1.82, 2.24) is 0 Å². The van der Waals surface area contributed by atoms with Crippen LogP contribution in [-0.4, -0.2) is 25.0 Å². The lowest BCUT2D eigenvalue weighted by Gasteiger charge is -2.11. The van der Waals surface area contributed by atoms with Gasteiger partial charge in [0.1, 0.15) is 5.75 Å². The third kappa shape index (κ3) is 8.69. The van der Waals surface area contributed by atoms with Crippen LogP contribution in [0.1, 0.15) is 31.7 Å². The number of anilines is 3. The van der Waals surface area contributed by atoms with Crippen LogP contribution in [0.15, 0.2) is 78.9 Å². The predicted octanol–water partition coefficient (Wildman–Crippen LogP) is 5.49. The average molecular weight is 446 g/mol. The second kappa shape index (κ2) is 12.9. The van der Waals surface area contributed by atoms with Crippen molar-refractivity contribution in [2.24, 2.45) is 0 Å². The summed E-state index contributed by atoms with van der Waals surface area (Å²) in [4.78, 5) is 24.5. The summed E-state index contributed by atoms with van der Waals surface area (Å²) in [6.07, 6.45) is 3.20. The van der Waals surface area contributed by atoms with Crippen molar-refractivity contribution in [3.63, 3.8) is 0 Å². The summed E-state index contributed by atoms with van der Waals surface area (Å²) in [5, 5.41) is 8.87. The van der Waals surface area contributed by atoms with E-state index in [0.29, 0.717) is 30.8 Å². The fourth-order valence-corrected chi connectivity index (χ4v) is 3.19. The number of hydrogen-bond donors (Lipinski definition) is 3. The van der Waals surface area contributed by atoms with Crippen molar-refractivity contribution in [1.29, 1.82) is 0 Å². The van der Waals surface area contributed by atoms with Gasteiger partial charge in [0.15, 0.2) is 0 Å². The highest BCUT2D eigenvalue weighted by Gasteiger charge is 2.06. The third-order valence-electron chi connectivity index (χ3n) is 4.99. The molecular weight excluding hydrogens is 414 g/mol. The fraction of sp³-hybridized carbons (Fsp3) is 0.259. The minimum atomic E-state index is -0.160. The van der Waals surface area contributed by atoms with E-state index in [-0.39, 0.29) is 18.4 Å². The largest absolute Gasteiger partial charge is 0.494 e. The molecule has 3 N–H and O–H groups in total. The number of carbonyl (C=O) groups is 2. The lowest BCUT2D eigenvalue weighted by atomic mass is 10.1.